The molecule has 2 atom stereocenters. The molecule has 112 valence electrons. The molecule has 1 aromatic rings. The van der Waals surface area contributed by atoms with Gasteiger partial charge in [-0.05, 0) is 43.9 Å². The Bertz CT molecular complexity index is 431. The van der Waals surface area contributed by atoms with Crippen LogP contribution in [0.3, 0.4) is 0 Å². The van der Waals surface area contributed by atoms with Crippen LogP contribution in [-0.4, -0.2) is 23.4 Å². The zero-order chi connectivity index (χ0) is 15.3. The van der Waals surface area contributed by atoms with E-state index in [2.05, 4.69) is 0 Å². The zero-order valence-electron chi connectivity index (χ0n) is 12.8. The Kier molecular flexibility index (Phi) is 6.14. The second-order valence-corrected chi connectivity index (χ2v) is 5.59. The van der Waals surface area contributed by atoms with Crippen molar-refractivity contribution in [3.05, 3.63) is 35.6 Å². The summed E-state index contributed by atoms with van der Waals surface area (Å²) in [7, 11) is 0. The smallest absolute Gasteiger partial charge is 0.239 e. The highest BCUT2D eigenvalue weighted by atomic mass is 19.1. The maximum Gasteiger partial charge on any atom is 0.239 e. The predicted octanol–water partition coefficient (Wildman–Crippen LogP) is 3.11. The van der Waals surface area contributed by atoms with Crippen molar-refractivity contribution in [1.29, 1.82) is 0 Å². The van der Waals surface area contributed by atoms with Gasteiger partial charge in [-0.2, -0.15) is 0 Å². The molecule has 0 radical (unpaired) electrons. The SMILES string of the molecule is CCN(C(=O)C(N)CC(C)C)C(C)c1ccc(F)cc1. The second-order valence-electron chi connectivity index (χ2n) is 5.59. The monoisotopic (exact) mass is 280 g/mol. The van der Waals surface area contributed by atoms with Gasteiger partial charge in [-0.3, -0.25) is 4.79 Å². The molecular formula is C16H25FN2O. The molecule has 0 heterocycles. The van der Waals surface area contributed by atoms with Gasteiger partial charge < -0.3 is 10.6 Å². The lowest BCUT2D eigenvalue weighted by atomic mass is 10.0. The Morgan fingerprint density at radius 3 is 2.25 bits per heavy atom. The molecule has 0 bridgehead atoms. The van der Waals surface area contributed by atoms with Crippen LogP contribution in [0.2, 0.25) is 0 Å². The Hall–Kier alpha value is -1.42. The fraction of sp³-hybridized carbons (Fsp3) is 0.562. The highest BCUT2D eigenvalue weighted by molar-refractivity contribution is 5.82. The molecule has 0 spiro atoms. The molecule has 1 rings (SSSR count). The third kappa shape index (κ3) is 4.30. The van der Waals surface area contributed by atoms with Crippen LogP contribution < -0.4 is 5.73 Å². The van der Waals surface area contributed by atoms with Crippen molar-refractivity contribution in [1.82, 2.24) is 4.90 Å². The molecule has 0 aliphatic heterocycles. The zero-order valence-corrected chi connectivity index (χ0v) is 12.8. The van der Waals surface area contributed by atoms with E-state index in [0.717, 1.165) is 5.56 Å². The number of nitrogens with two attached hydrogens (primary N) is 1. The summed E-state index contributed by atoms with van der Waals surface area (Å²) in [4.78, 5) is 14.2. The van der Waals surface area contributed by atoms with Crippen molar-refractivity contribution in [3.8, 4) is 0 Å². The highest BCUT2D eigenvalue weighted by Gasteiger charge is 2.25. The number of hydrogen-bond donors (Lipinski definition) is 1. The summed E-state index contributed by atoms with van der Waals surface area (Å²) >= 11 is 0. The van der Waals surface area contributed by atoms with E-state index < -0.39 is 6.04 Å². The van der Waals surface area contributed by atoms with E-state index in [-0.39, 0.29) is 17.8 Å². The van der Waals surface area contributed by atoms with Crippen molar-refractivity contribution < 1.29 is 9.18 Å². The van der Waals surface area contributed by atoms with Crippen molar-refractivity contribution in [3.63, 3.8) is 0 Å². The largest absolute Gasteiger partial charge is 0.335 e. The van der Waals surface area contributed by atoms with Gasteiger partial charge in [0, 0.05) is 6.54 Å². The molecule has 3 nitrogen and oxygen atoms in total. The molecule has 1 aromatic carbocycles. The van der Waals surface area contributed by atoms with E-state index in [1.54, 1.807) is 17.0 Å². The van der Waals surface area contributed by atoms with Crippen molar-refractivity contribution in [2.24, 2.45) is 11.7 Å². The van der Waals surface area contributed by atoms with Crippen molar-refractivity contribution >= 4 is 5.91 Å². The summed E-state index contributed by atoms with van der Waals surface area (Å²) in [5, 5.41) is 0. The number of amides is 1. The van der Waals surface area contributed by atoms with Crippen LogP contribution in [0.4, 0.5) is 4.39 Å². The first kappa shape index (κ1) is 16.6. The summed E-state index contributed by atoms with van der Waals surface area (Å²) in [5.41, 5.74) is 6.90. The van der Waals surface area contributed by atoms with Crippen LogP contribution in [0.25, 0.3) is 0 Å². The van der Waals surface area contributed by atoms with Crippen LogP contribution >= 0.6 is 0 Å². The highest BCUT2D eigenvalue weighted by Crippen LogP contribution is 2.21. The van der Waals surface area contributed by atoms with Crippen molar-refractivity contribution in [2.75, 3.05) is 6.54 Å². The molecule has 0 aliphatic rings. The first-order chi connectivity index (χ1) is 9.36. The molecule has 0 saturated carbocycles. The first-order valence-electron chi connectivity index (χ1n) is 7.18. The maximum absolute atomic E-state index is 13.0. The maximum atomic E-state index is 13.0. The number of hydrogen-bond acceptors (Lipinski definition) is 2. The normalized spacial score (nSPS) is 14.2. The molecule has 20 heavy (non-hydrogen) atoms. The molecule has 0 saturated heterocycles. The number of likely N-dealkylation sites (N-methyl/N-ethyl adjacent to an activating group) is 1. The van der Waals surface area contributed by atoms with Crippen LogP contribution in [0.5, 0.6) is 0 Å². The number of rotatable bonds is 6. The van der Waals surface area contributed by atoms with Crippen LogP contribution in [0.15, 0.2) is 24.3 Å². The number of halogens is 1. The summed E-state index contributed by atoms with van der Waals surface area (Å²) < 4.78 is 13.0. The lowest BCUT2D eigenvalue weighted by Gasteiger charge is -2.31. The third-order valence-electron chi connectivity index (χ3n) is 3.49. The summed E-state index contributed by atoms with van der Waals surface area (Å²) in [6.45, 7) is 8.56. The van der Waals surface area contributed by atoms with Gasteiger partial charge in [0.1, 0.15) is 5.82 Å². The van der Waals surface area contributed by atoms with Gasteiger partial charge in [-0.25, -0.2) is 4.39 Å². The van der Waals surface area contributed by atoms with E-state index in [1.807, 2.05) is 27.7 Å². The van der Waals surface area contributed by atoms with E-state index in [9.17, 15) is 9.18 Å². The molecule has 0 aliphatic carbocycles. The molecule has 0 aromatic heterocycles. The van der Waals surface area contributed by atoms with Gasteiger partial charge in [-0.15, -0.1) is 0 Å². The number of nitrogens with zero attached hydrogens (tertiary/aromatic N) is 1. The Balaban J connectivity index is 2.83. The Labute approximate surface area is 121 Å². The Morgan fingerprint density at radius 2 is 1.80 bits per heavy atom. The summed E-state index contributed by atoms with van der Waals surface area (Å²) in [5.74, 6) is 0.0682. The number of carbonyl (C=O) groups is 1. The lowest BCUT2D eigenvalue weighted by Crippen LogP contribution is -2.45. The standard InChI is InChI=1S/C16H25FN2O/c1-5-19(16(20)15(18)10-11(2)3)12(4)13-6-8-14(17)9-7-13/h6-9,11-12,15H,5,10,18H2,1-4H3. The number of benzene rings is 1. The quantitative estimate of drug-likeness (QED) is 0.870. The lowest BCUT2D eigenvalue weighted by molar-refractivity contribution is -0.134. The molecule has 0 fully saturated rings. The minimum absolute atomic E-state index is 0.0435. The first-order valence-corrected chi connectivity index (χ1v) is 7.18. The summed E-state index contributed by atoms with van der Waals surface area (Å²) in [6, 6.07) is 5.67. The third-order valence-corrected chi connectivity index (χ3v) is 3.49. The summed E-state index contributed by atoms with van der Waals surface area (Å²) in [6.07, 6.45) is 0.672. The van der Waals surface area contributed by atoms with Gasteiger partial charge in [0.15, 0.2) is 0 Å². The van der Waals surface area contributed by atoms with E-state index in [1.165, 1.54) is 12.1 Å². The van der Waals surface area contributed by atoms with Gasteiger partial charge in [-0.1, -0.05) is 26.0 Å². The second kappa shape index (κ2) is 7.39. The van der Waals surface area contributed by atoms with Gasteiger partial charge >= 0.3 is 0 Å². The fourth-order valence-electron chi connectivity index (χ4n) is 2.36. The van der Waals surface area contributed by atoms with Crippen LogP contribution in [-0.2, 0) is 4.79 Å². The molecule has 1 amide bonds. The van der Waals surface area contributed by atoms with Crippen LogP contribution in [0.1, 0.15) is 45.7 Å². The van der Waals surface area contributed by atoms with Gasteiger partial charge in [0.25, 0.3) is 0 Å². The average molecular weight is 280 g/mol. The topological polar surface area (TPSA) is 46.3 Å². The number of carbonyl (C=O) groups excluding carboxylic acids is 1. The van der Waals surface area contributed by atoms with E-state index >= 15 is 0 Å². The molecule has 2 unspecified atom stereocenters. The van der Waals surface area contributed by atoms with Crippen LogP contribution in [0, 0.1) is 11.7 Å². The fourth-order valence-corrected chi connectivity index (χ4v) is 2.36. The predicted molar refractivity (Wildman–Crippen MR) is 79.6 cm³/mol. The van der Waals surface area contributed by atoms with E-state index in [0.29, 0.717) is 18.9 Å². The van der Waals surface area contributed by atoms with Gasteiger partial charge in [0.2, 0.25) is 5.91 Å². The van der Waals surface area contributed by atoms with E-state index in [4.69, 9.17) is 5.73 Å². The minimum atomic E-state index is -0.474. The average Bonchev–Trinajstić information content (AvgIpc) is 2.39. The minimum Gasteiger partial charge on any atom is -0.335 e. The van der Waals surface area contributed by atoms with Crippen molar-refractivity contribution in [2.45, 2.75) is 46.2 Å². The molecular weight excluding hydrogens is 255 g/mol. The Morgan fingerprint density at radius 1 is 1.25 bits per heavy atom. The molecule has 4 heteroatoms. The molecule has 2 N–H and O–H groups in total. The van der Waals surface area contributed by atoms with Gasteiger partial charge in [0.05, 0.1) is 12.1 Å².